The SMILES string of the molecule is COC(=O)CNc1nc(Cl)cn(C)c1=O. The number of hydrogen-bond donors (Lipinski definition) is 1. The number of methoxy groups -OCH3 is 1. The van der Waals surface area contributed by atoms with Crippen LogP contribution in [0, 0.1) is 0 Å². The maximum atomic E-state index is 11.4. The van der Waals surface area contributed by atoms with Crippen molar-refractivity contribution in [2.75, 3.05) is 19.0 Å². The fourth-order valence-electron chi connectivity index (χ4n) is 0.912. The molecule has 1 heterocycles. The number of anilines is 1. The van der Waals surface area contributed by atoms with Crippen LogP contribution in [0.1, 0.15) is 0 Å². The quantitative estimate of drug-likeness (QED) is 0.743. The van der Waals surface area contributed by atoms with E-state index in [2.05, 4.69) is 15.0 Å². The third-order valence-corrected chi connectivity index (χ3v) is 1.85. The monoisotopic (exact) mass is 231 g/mol. The molecule has 0 unspecified atom stereocenters. The van der Waals surface area contributed by atoms with Crippen molar-refractivity contribution in [1.29, 1.82) is 0 Å². The van der Waals surface area contributed by atoms with Crippen LogP contribution in [0.25, 0.3) is 0 Å². The average Bonchev–Trinajstić information content (AvgIpc) is 2.20. The molecule has 1 rings (SSSR count). The molecule has 0 fully saturated rings. The molecule has 1 aromatic heterocycles. The number of hydrogen-bond acceptors (Lipinski definition) is 5. The summed E-state index contributed by atoms with van der Waals surface area (Å²) >= 11 is 5.64. The Morgan fingerprint density at radius 2 is 2.40 bits per heavy atom. The Balaban J connectivity index is 2.86. The Morgan fingerprint density at radius 3 is 3.00 bits per heavy atom. The highest BCUT2D eigenvalue weighted by atomic mass is 35.5. The lowest BCUT2D eigenvalue weighted by atomic mass is 10.5. The van der Waals surface area contributed by atoms with Crippen molar-refractivity contribution in [3.8, 4) is 0 Å². The van der Waals surface area contributed by atoms with Gasteiger partial charge in [0.05, 0.1) is 7.11 Å². The second-order valence-electron chi connectivity index (χ2n) is 2.76. The van der Waals surface area contributed by atoms with Gasteiger partial charge in [-0.1, -0.05) is 11.6 Å². The fourth-order valence-corrected chi connectivity index (χ4v) is 1.14. The fraction of sp³-hybridized carbons (Fsp3) is 0.375. The molecule has 6 nitrogen and oxygen atoms in total. The first-order valence-electron chi connectivity index (χ1n) is 4.08. The number of aryl methyl sites for hydroxylation is 1. The number of nitrogens with one attached hydrogen (secondary N) is 1. The summed E-state index contributed by atoms with van der Waals surface area (Å²) in [5.74, 6) is -0.464. The smallest absolute Gasteiger partial charge is 0.325 e. The van der Waals surface area contributed by atoms with Gasteiger partial charge in [0.1, 0.15) is 11.7 Å². The molecule has 0 radical (unpaired) electrons. The van der Waals surface area contributed by atoms with Gasteiger partial charge in [0, 0.05) is 13.2 Å². The second-order valence-corrected chi connectivity index (χ2v) is 3.15. The van der Waals surface area contributed by atoms with Gasteiger partial charge in [-0.3, -0.25) is 9.59 Å². The van der Waals surface area contributed by atoms with Crippen LogP contribution in [0.5, 0.6) is 0 Å². The summed E-state index contributed by atoms with van der Waals surface area (Å²) in [5.41, 5.74) is -0.358. The highest BCUT2D eigenvalue weighted by Gasteiger charge is 2.07. The Bertz CT molecular complexity index is 430. The van der Waals surface area contributed by atoms with E-state index in [0.29, 0.717) is 0 Å². The molecule has 0 bridgehead atoms. The summed E-state index contributed by atoms with van der Waals surface area (Å²) in [6.45, 7) is -0.126. The minimum atomic E-state index is -0.487. The van der Waals surface area contributed by atoms with Crippen LogP contribution >= 0.6 is 11.6 Å². The summed E-state index contributed by atoms with van der Waals surface area (Å²) in [7, 11) is 2.80. The van der Waals surface area contributed by atoms with Gasteiger partial charge < -0.3 is 14.6 Å². The van der Waals surface area contributed by atoms with Crippen LogP contribution in [-0.2, 0) is 16.6 Å². The van der Waals surface area contributed by atoms with Crippen molar-refractivity contribution in [3.63, 3.8) is 0 Å². The van der Waals surface area contributed by atoms with Crippen LogP contribution in [0.4, 0.5) is 5.82 Å². The maximum Gasteiger partial charge on any atom is 0.325 e. The normalized spacial score (nSPS) is 9.80. The second kappa shape index (κ2) is 4.79. The van der Waals surface area contributed by atoms with Crippen molar-refractivity contribution in [2.24, 2.45) is 7.05 Å². The molecule has 0 spiro atoms. The molecular formula is C8H10ClN3O3. The number of esters is 1. The molecule has 82 valence electrons. The molecular weight excluding hydrogens is 222 g/mol. The topological polar surface area (TPSA) is 73.2 Å². The van der Waals surface area contributed by atoms with Crippen molar-refractivity contribution in [3.05, 3.63) is 21.7 Å². The standard InChI is InChI=1S/C8H10ClN3O3/c1-12-4-5(9)11-7(8(12)14)10-3-6(13)15-2/h4H,3H2,1-2H3,(H,10,11). The number of halogens is 1. The Morgan fingerprint density at radius 1 is 1.73 bits per heavy atom. The van der Waals surface area contributed by atoms with E-state index in [4.69, 9.17) is 11.6 Å². The number of rotatable bonds is 3. The number of carbonyl (C=O) groups excluding carboxylic acids is 1. The molecule has 1 aromatic rings. The van der Waals surface area contributed by atoms with Gasteiger partial charge in [-0.05, 0) is 0 Å². The molecule has 1 N–H and O–H groups in total. The molecule has 7 heteroatoms. The van der Waals surface area contributed by atoms with Gasteiger partial charge >= 0.3 is 5.97 Å². The zero-order valence-corrected chi connectivity index (χ0v) is 9.04. The van der Waals surface area contributed by atoms with Crippen molar-refractivity contribution in [2.45, 2.75) is 0 Å². The lowest BCUT2D eigenvalue weighted by Gasteiger charge is -2.05. The molecule has 0 aromatic carbocycles. The van der Waals surface area contributed by atoms with Crippen molar-refractivity contribution >= 4 is 23.4 Å². The summed E-state index contributed by atoms with van der Waals surface area (Å²) in [4.78, 5) is 26.0. The number of nitrogens with zero attached hydrogens (tertiary/aromatic N) is 2. The predicted octanol–water partition coefficient (Wildman–Crippen LogP) is 0.0186. The van der Waals surface area contributed by atoms with Gasteiger partial charge in [-0.2, -0.15) is 0 Å². The summed E-state index contributed by atoms with van der Waals surface area (Å²) in [6.07, 6.45) is 1.38. The summed E-state index contributed by atoms with van der Waals surface area (Å²) in [6, 6.07) is 0. The van der Waals surface area contributed by atoms with Crippen LogP contribution in [0.2, 0.25) is 5.15 Å². The van der Waals surface area contributed by atoms with Crippen LogP contribution in [0.15, 0.2) is 11.0 Å². The van der Waals surface area contributed by atoms with E-state index >= 15 is 0 Å². The van der Waals surface area contributed by atoms with Gasteiger partial charge in [0.15, 0.2) is 5.82 Å². The minimum absolute atomic E-state index is 0.0235. The first-order valence-corrected chi connectivity index (χ1v) is 4.46. The molecule has 0 aliphatic carbocycles. The number of aromatic nitrogens is 2. The third-order valence-electron chi connectivity index (χ3n) is 1.67. The molecule has 0 atom stereocenters. The highest BCUT2D eigenvalue weighted by molar-refractivity contribution is 6.29. The Hall–Kier alpha value is -1.56. The van der Waals surface area contributed by atoms with Crippen LogP contribution in [-0.4, -0.2) is 29.2 Å². The Labute approximate surface area is 90.8 Å². The molecule has 0 aliphatic rings. The molecule has 15 heavy (non-hydrogen) atoms. The van der Waals surface area contributed by atoms with Gasteiger partial charge in [0.2, 0.25) is 0 Å². The van der Waals surface area contributed by atoms with Crippen LogP contribution in [0.3, 0.4) is 0 Å². The zero-order chi connectivity index (χ0) is 11.4. The third kappa shape index (κ3) is 2.95. The van der Waals surface area contributed by atoms with E-state index in [9.17, 15) is 9.59 Å². The van der Waals surface area contributed by atoms with Gasteiger partial charge in [0.25, 0.3) is 5.56 Å². The van der Waals surface area contributed by atoms with E-state index in [1.165, 1.54) is 17.9 Å². The van der Waals surface area contributed by atoms with E-state index in [1.54, 1.807) is 7.05 Å². The minimum Gasteiger partial charge on any atom is -0.468 e. The van der Waals surface area contributed by atoms with Crippen molar-refractivity contribution in [1.82, 2.24) is 9.55 Å². The average molecular weight is 232 g/mol. The molecule has 0 amide bonds. The van der Waals surface area contributed by atoms with E-state index < -0.39 is 5.97 Å². The molecule has 0 aliphatic heterocycles. The highest BCUT2D eigenvalue weighted by Crippen LogP contribution is 2.03. The van der Waals surface area contributed by atoms with E-state index in [1.807, 2.05) is 0 Å². The van der Waals surface area contributed by atoms with Gasteiger partial charge in [-0.15, -0.1) is 0 Å². The van der Waals surface area contributed by atoms with E-state index in [-0.39, 0.29) is 23.1 Å². The van der Waals surface area contributed by atoms with Crippen molar-refractivity contribution < 1.29 is 9.53 Å². The van der Waals surface area contributed by atoms with Gasteiger partial charge in [-0.25, -0.2) is 4.98 Å². The predicted molar refractivity (Wildman–Crippen MR) is 55.0 cm³/mol. The molecule has 0 saturated carbocycles. The lowest BCUT2D eigenvalue weighted by Crippen LogP contribution is -2.25. The zero-order valence-electron chi connectivity index (χ0n) is 8.28. The largest absolute Gasteiger partial charge is 0.468 e. The Kier molecular flexibility index (Phi) is 3.68. The maximum absolute atomic E-state index is 11.4. The van der Waals surface area contributed by atoms with E-state index in [0.717, 1.165) is 0 Å². The summed E-state index contributed by atoms with van der Waals surface area (Å²) < 4.78 is 5.67. The first kappa shape index (κ1) is 11.5. The van der Waals surface area contributed by atoms with Crippen LogP contribution < -0.4 is 10.9 Å². The summed E-state index contributed by atoms with van der Waals surface area (Å²) in [5, 5.41) is 2.71. The number of ether oxygens (including phenoxy) is 1. The molecule has 0 saturated heterocycles. The number of carbonyl (C=O) groups is 1. The first-order chi connectivity index (χ1) is 7.04. The lowest BCUT2D eigenvalue weighted by molar-refractivity contribution is -0.138.